The van der Waals surface area contributed by atoms with Gasteiger partial charge in [-0.15, -0.1) is 130 Å². The van der Waals surface area contributed by atoms with E-state index in [4.69, 9.17) is 20.1 Å². The van der Waals surface area contributed by atoms with Crippen LogP contribution in [-0.2, 0) is 45.0 Å². The van der Waals surface area contributed by atoms with Crippen molar-refractivity contribution in [3.63, 3.8) is 0 Å². The van der Waals surface area contributed by atoms with E-state index in [-0.39, 0.29) is 40.2 Å². The predicted octanol–water partition coefficient (Wildman–Crippen LogP) is 10.7. The Morgan fingerprint density at radius 2 is 0.913 bits per heavy atom. The molecule has 0 unspecified atom stereocenters. The number of thiophene rings is 2. The van der Waals surface area contributed by atoms with Crippen LogP contribution in [0.2, 0.25) is 0 Å². The molecule has 0 aliphatic heterocycles. The minimum absolute atomic E-state index is 0. The molecule has 2 radical (unpaired) electrons. The van der Waals surface area contributed by atoms with Crippen molar-refractivity contribution < 1.29 is 73.5 Å². The van der Waals surface area contributed by atoms with E-state index in [9.17, 15) is 13.2 Å². The maximum Gasteiger partial charge on any atom is 0.430 e. The second-order valence-corrected chi connectivity index (χ2v) is 14.8. The SMILES string of the molecule is CO.CO.Cc1cccc(-c2[c-]cccc2)n1.Cc1cccc(-c2[c-]cccc2)n1.O=C([O-])C(F)(F)F.[Ir].[Ir].[c-]1ccccc1-c1ncnc2sccc12.c1ccc(-c2ncnc3sccc23)cc1. The fraction of sp³-hybridized carbons (Fsp3) is 0.0962. The summed E-state index contributed by atoms with van der Waals surface area (Å²) in [5.41, 5.74) is 10.3. The summed E-state index contributed by atoms with van der Waals surface area (Å²) in [6.07, 6.45) is -1.96. The van der Waals surface area contributed by atoms with E-state index >= 15 is 0 Å². The topological polar surface area (TPSA) is 158 Å². The smallest absolute Gasteiger partial charge is 0.430 e. The van der Waals surface area contributed by atoms with Gasteiger partial charge in [0.15, 0.2) is 0 Å². The first kappa shape index (κ1) is 58.9. The standard InChI is InChI=1S/C12H8N2S.C12H7N2S.2C12H10N.C2HF3O2.2CH4O.2Ir/c2*1-2-4-9(5-3-1)11-10-6-7-15-12(10)14-8-13-11;2*1-10-6-5-9-12(13-10)11-7-3-2-4-8-11;3-2(4,5)1(6)7;2*1-2;;/h1-8H;1-4,6-8H;2*2-7,9H,1H3;(H,6,7);2*2H,1H3;;/q;3*-1;;;;;/p-1. The van der Waals surface area contributed by atoms with Gasteiger partial charge >= 0.3 is 6.18 Å². The number of fused-ring (bicyclic) bond motifs is 2. The maximum absolute atomic E-state index is 10.5. The molecule has 0 bridgehead atoms. The zero-order valence-electron chi connectivity index (χ0n) is 37.3. The Bertz CT molecular complexity index is 2780. The van der Waals surface area contributed by atoms with E-state index < -0.39 is 12.1 Å². The van der Waals surface area contributed by atoms with Gasteiger partial charge in [-0.1, -0.05) is 54.6 Å². The second-order valence-electron chi connectivity index (χ2n) is 13.0. The number of aromatic nitrogens is 6. The Morgan fingerprint density at radius 1 is 0.522 bits per heavy atom. The number of rotatable bonds is 4. The van der Waals surface area contributed by atoms with Gasteiger partial charge in [0.25, 0.3) is 0 Å². The first-order chi connectivity index (χ1) is 32.6. The summed E-state index contributed by atoms with van der Waals surface area (Å²) in [6, 6.07) is 59.4. The molecule has 17 heteroatoms. The molecular formula is C52H43F3Ir2N6O4S2-4. The number of carbonyl (C=O) groups is 1. The number of hydrogen-bond acceptors (Lipinski definition) is 12. The monoisotopic (exact) mass is 1320 g/mol. The van der Waals surface area contributed by atoms with Crippen LogP contribution >= 0.6 is 22.7 Å². The molecular weight excluding hydrogens is 1280 g/mol. The van der Waals surface area contributed by atoms with Crippen molar-refractivity contribution in [3.05, 3.63) is 205 Å². The normalized spacial score (nSPS) is 9.70. The van der Waals surface area contributed by atoms with Crippen molar-refractivity contribution in [2.75, 3.05) is 14.2 Å². The van der Waals surface area contributed by atoms with Crippen molar-refractivity contribution in [1.29, 1.82) is 0 Å². The zero-order valence-corrected chi connectivity index (χ0v) is 43.7. The van der Waals surface area contributed by atoms with E-state index in [0.29, 0.717) is 0 Å². The van der Waals surface area contributed by atoms with Crippen molar-refractivity contribution in [1.82, 2.24) is 29.9 Å². The van der Waals surface area contributed by atoms with E-state index in [0.717, 1.165) is 91.1 Å². The molecule has 0 atom stereocenters. The van der Waals surface area contributed by atoms with Gasteiger partial charge in [0.2, 0.25) is 0 Å². The van der Waals surface area contributed by atoms with Crippen LogP contribution in [-0.4, -0.2) is 66.5 Å². The minimum Gasteiger partial charge on any atom is -0.542 e. The van der Waals surface area contributed by atoms with Gasteiger partial charge in [-0.05, 0) is 71.3 Å². The number of aryl methyl sites for hydroxylation is 2. The fourth-order valence-corrected chi connectivity index (χ4v) is 7.12. The summed E-state index contributed by atoms with van der Waals surface area (Å²) in [5.74, 6) is -3.01. The number of aliphatic hydroxyl groups excluding tert-OH is 2. The zero-order chi connectivity index (χ0) is 48.4. The summed E-state index contributed by atoms with van der Waals surface area (Å²) in [7, 11) is 2.00. The Kier molecular flexibility index (Phi) is 27.1. The average molecular weight is 1320 g/mol. The molecule has 0 amide bonds. The summed E-state index contributed by atoms with van der Waals surface area (Å²) >= 11 is 3.28. The van der Waals surface area contributed by atoms with Gasteiger partial charge in [0, 0.05) is 76.8 Å². The molecule has 0 spiro atoms. The van der Waals surface area contributed by atoms with Gasteiger partial charge in [0.05, 0.1) is 5.69 Å². The van der Waals surface area contributed by atoms with Crippen LogP contribution in [0, 0.1) is 32.0 Å². The number of carboxylic acid groups (broad SMARTS) is 1. The van der Waals surface area contributed by atoms with Gasteiger partial charge in [0.1, 0.15) is 28.3 Å². The van der Waals surface area contributed by atoms with Gasteiger partial charge in [-0.3, -0.25) is 4.98 Å². The van der Waals surface area contributed by atoms with Crippen LogP contribution in [0.15, 0.2) is 175 Å². The van der Waals surface area contributed by atoms with Crippen LogP contribution in [0.3, 0.4) is 0 Å². The van der Waals surface area contributed by atoms with E-state index in [1.54, 1.807) is 35.3 Å². The molecule has 360 valence electrons. The summed E-state index contributed by atoms with van der Waals surface area (Å²) < 4.78 is 31.5. The van der Waals surface area contributed by atoms with E-state index in [1.807, 2.05) is 152 Å². The molecule has 4 aromatic carbocycles. The number of carboxylic acids is 1. The number of aliphatic carboxylic acids is 1. The number of alkyl halides is 3. The Balaban J connectivity index is 0.000000293. The number of aliphatic hydroxyl groups is 2. The number of halogens is 3. The molecule has 0 aliphatic carbocycles. The molecule has 0 saturated carbocycles. The molecule has 0 aliphatic rings. The van der Waals surface area contributed by atoms with Gasteiger partial charge < -0.3 is 30.1 Å². The number of benzene rings is 4. The van der Waals surface area contributed by atoms with Crippen LogP contribution < -0.4 is 5.11 Å². The largest absolute Gasteiger partial charge is 0.542 e. The van der Waals surface area contributed by atoms with E-state index in [1.165, 1.54) is 0 Å². The Hall–Kier alpha value is -6.26. The van der Waals surface area contributed by atoms with Crippen molar-refractivity contribution in [2.24, 2.45) is 0 Å². The Morgan fingerprint density at radius 3 is 1.30 bits per heavy atom. The minimum atomic E-state index is -5.19. The molecule has 6 aromatic heterocycles. The van der Waals surface area contributed by atoms with Crippen LogP contribution in [0.5, 0.6) is 0 Å². The second kappa shape index (κ2) is 31.7. The van der Waals surface area contributed by atoms with Crippen molar-refractivity contribution in [3.8, 4) is 45.0 Å². The third-order valence-electron chi connectivity index (χ3n) is 8.51. The molecule has 6 heterocycles. The van der Waals surface area contributed by atoms with Crippen LogP contribution in [0.4, 0.5) is 13.2 Å². The Labute approximate surface area is 433 Å². The molecule has 0 fully saturated rings. The van der Waals surface area contributed by atoms with Crippen LogP contribution in [0.1, 0.15) is 11.4 Å². The summed E-state index contributed by atoms with van der Waals surface area (Å²) in [4.78, 5) is 36.8. The molecule has 10 rings (SSSR count). The number of hydrogen-bond donors (Lipinski definition) is 2. The quantitative estimate of drug-likeness (QED) is 0.163. The first-order valence-corrected chi connectivity index (χ1v) is 21.7. The number of pyridine rings is 2. The number of nitrogens with zero attached hydrogens (tertiary/aromatic N) is 6. The summed E-state index contributed by atoms with van der Waals surface area (Å²) in [5, 5.41) is 29.1. The average Bonchev–Trinajstić information content (AvgIpc) is 4.08. The summed E-state index contributed by atoms with van der Waals surface area (Å²) in [6.45, 7) is 3.98. The maximum atomic E-state index is 10.5. The molecule has 2 N–H and O–H groups in total. The van der Waals surface area contributed by atoms with Gasteiger partial charge in [-0.25, -0.2) is 15.0 Å². The van der Waals surface area contributed by atoms with E-state index in [2.05, 4.69) is 72.4 Å². The van der Waals surface area contributed by atoms with Crippen molar-refractivity contribution in [2.45, 2.75) is 20.0 Å². The van der Waals surface area contributed by atoms with Crippen molar-refractivity contribution >= 4 is 49.1 Å². The molecule has 0 saturated heterocycles. The molecule has 69 heavy (non-hydrogen) atoms. The van der Waals surface area contributed by atoms with Crippen LogP contribution in [0.25, 0.3) is 65.5 Å². The first-order valence-electron chi connectivity index (χ1n) is 19.9. The predicted molar refractivity (Wildman–Crippen MR) is 258 cm³/mol. The van der Waals surface area contributed by atoms with Gasteiger partial charge in [-0.2, -0.15) is 13.2 Å². The molecule has 10 nitrogen and oxygen atoms in total. The third-order valence-corrected chi connectivity index (χ3v) is 10.2. The number of carbonyl (C=O) groups excluding carboxylic acids is 1. The third kappa shape index (κ3) is 19.0. The molecule has 10 aromatic rings. The fourth-order valence-electron chi connectivity index (χ4n) is 5.65.